The second kappa shape index (κ2) is 9.48. The Labute approximate surface area is 173 Å². The molecular formula is C19H20Cl2N3O2S+. The molecule has 1 fully saturated rings. The van der Waals surface area contributed by atoms with Gasteiger partial charge in [-0.2, -0.15) is 0 Å². The molecule has 1 aliphatic heterocycles. The van der Waals surface area contributed by atoms with Crippen molar-refractivity contribution in [3.8, 4) is 0 Å². The SMILES string of the molecule is O=C(NC(=S)Nc1ccc(C[NH+]2CCOCC2)cc1)c1cc(Cl)ccc1Cl. The topological polar surface area (TPSA) is 54.8 Å². The Bertz CT molecular complexity index is 824. The van der Waals surface area contributed by atoms with Crippen molar-refractivity contribution < 1.29 is 14.4 Å². The molecule has 1 saturated heterocycles. The monoisotopic (exact) mass is 424 g/mol. The molecule has 0 atom stereocenters. The third-order valence-electron chi connectivity index (χ3n) is 4.27. The van der Waals surface area contributed by atoms with Crippen molar-refractivity contribution >= 4 is 52.1 Å². The fraction of sp³-hybridized carbons (Fsp3) is 0.263. The van der Waals surface area contributed by atoms with Crippen LogP contribution in [0.2, 0.25) is 10.0 Å². The van der Waals surface area contributed by atoms with Gasteiger partial charge in [0, 0.05) is 16.3 Å². The van der Waals surface area contributed by atoms with Crippen molar-refractivity contribution in [2.75, 3.05) is 31.6 Å². The van der Waals surface area contributed by atoms with Crippen molar-refractivity contribution in [3.63, 3.8) is 0 Å². The first-order valence-electron chi connectivity index (χ1n) is 8.59. The Morgan fingerprint density at radius 3 is 2.52 bits per heavy atom. The first-order chi connectivity index (χ1) is 13.0. The summed E-state index contributed by atoms with van der Waals surface area (Å²) in [6.07, 6.45) is 0. The van der Waals surface area contributed by atoms with Gasteiger partial charge in [-0.1, -0.05) is 35.3 Å². The summed E-state index contributed by atoms with van der Waals surface area (Å²) in [5.74, 6) is -0.410. The largest absolute Gasteiger partial charge is 0.370 e. The second-order valence-electron chi connectivity index (χ2n) is 6.27. The molecule has 2 aromatic rings. The van der Waals surface area contributed by atoms with Gasteiger partial charge in [-0.25, -0.2) is 0 Å². The smallest absolute Gasteiger partial charge is 0.258 e. The average molecular weight is 425 g/mol. The highest BCUT2D eigenvalue weighted by atomic mass is 35.5. The van der Waals surface area contributed by atoms with Crippen molar-refractivity contribution in [3.05, 3.63) is 63.6 Å². The number of carbonyl (C=O) groups excluding carboxylic acids is 1. The first kappa shape index (κ1) is 20.0. The van der Waals surface area contributed by atoms with E-state index in [2.05, 4.69) is 22.8 Å². The van der Waals surface area contributed by atoms with Crippen LogP contribution < -0.4 is 15.5 Å². The van der Waals surface area contributed by atoms with Crippen LogP contribution >= 0.6 is 35.4 Å². The molecule has 0 radical (unpaired) electrons. The van der Waals surface area contributed by atoms with Gasteiger partial charge < -0.3 is 15.0 Å². The van der Waals surface area contributed by atoms with Gasteiger partial charge in [-0.15, -0.1) is 0 Å². The molecule has 0 aromatic heterocycles. The van der Waals surface area contributed by atoms with E-state index in [1.807, 2.05) is 12.1 Å². The molecule has 2 aromatic carbocycles. The van der Waals surface area contributed by atoms with Crippen LogP contribution in [0.5, 0.6) is 0 Å². The zero-order chi connectivity index (χ0) is 19.2. The van der Waals surface area contributed by atoms with E-state index in [1.165, 1.54) is 16.5 Å². The highest BCUT2D eigenvalue weighted by molar-refractivity contribution is 7.80. The van der Waals surface area contributed by atoms with Crippen molar-refractivity contribution in [1.29, 1.82) is 0 Å². The third-order valence-corrected chi connectivity index (χ3v) is 5.03. The number of ether oxygens (including phenoxy) is 1. The summed E-state index contributed by atoms with van der Waals surface area (Å²) < 4.78 is 5.38. The summed E-state index contributed by atoms with van der Waals surface area (Å²) in [6.45, 7) is 4.67. The maximum absolute atomic E-state index is 12.3. The lowest BCUT2D eigenvalue weighted by Gasteiger charge is -2.23. The minimum atomic E-state index is -0.410. The van der Waals surface area contributed by atoms with Gasteiger partial charge in [0.2, 0.25) is 0 Å². The second-order valence-corrected chi connectivity index (χ2v) is 7.52. The number of morpholine rings is 1. The van der Waals surface area contributed by atoms with Gasteiger partial charge in [0.25, 0.3) is 5.91 Å². The van der Waals surface area contributed by atoms with Gasteiger partial charge in [-0.3, -0.25) is 10.1 Å². The number of benzene rings is 2. The summed E-state index contributed by atoms with van der Waals surface area (Å²) in [5.41, 5.74) is 2.33. The summed E-state index contributed by atoms with van der Waals surface area (Å²) in [6, 6.07) is 12.7. The van der Waals surface area contributed by atoms with E-state index >= 15 is 0 Å². The fourth-order valence-electron chi connectivity index (χ4n) is 2.84. The molecule has 1 aliphatic rings. The fourth-order valence-corrected chi connectivity index (χ4v) is 3.42. The van der Waals surface area contributed by atoms with E-state index in [0.717, 1.165) is 38.5 Å². The van der Waals surface area contributed by atoms with E-state index in [9.17, 15) is 4.79 Å². The zero-order valence-electron chi connectivity index (χ0n) is 14.6. The van der Waals surface area contributed by atoms with Crippen molar-refractivity contribution in [1.82, 2.24) is 5.32 Å². The van der Waals surface area contributed by atoms with Crippen LogP contribution in [0.4, 0.5) is 5.69 Å². The summed E-state index contributed by atoms with van der Waals surface area (Å²) in [7, 11) is 0. The van der Waals surface area contributed by atoms with Crippen LogP contribution in [0.1, 0.15) is 15.9 Å². The number of quaternary nitrogens is 1. The number of nitrogens with one attached hydrogen (secondary N) is 3. The Balaban J connectivity index is 1.54. The Morgan fingerprint density at radius 1 is 1.11 bits per heavy atom. The lowest BCUT2D eigenvalue weighted by Crippen LogP contribution is -3.12. The molecule has 1 amide bonds. The van der Waals surface area contributed by atoms with E-state index in [0.29, 0.717) is 10.0 Å². The van der Waals surface area contributed by atoms with Crippen molar-refractivity contribution in [2.24, 2.45) is 0 Å². The minimum absolute atomic E-state index is 0.197. The lowest BCUT2D eigenvalue weighted by atomic mass is 10.2. The Morgan fingerprint density at radius 2 is 1.81 bits per heavy atom. The van der Waals surface area contributed by atoms with Gasteiger partial charge in [0.15, 0.2) is 5.11 Å². The molecular weight excluding hydrogens is 405 g/mol. The summed E-state index contributed by atoms with van der Waals surface area (Å²) >= 11 is 17.2. The predicted octanol–water partition coefficient (Wildman–Crippen LogP) is 2.54. The molecule has 0 spiro atoms. The number of hydrogen-bond donors (Lipinski definition) is 3. The normalized spacial score (nSPS) is 14.6. The Hall–Kier alpha value is -1.70. The molecule has 3 N–H and O–H groups in total. The number of hydrogen-bond acceptors (Lipinski definition) is 3. The van der Waals surface area contributed by atoms with Crippen molar-refractivity contribution in [2.45, 2.75) is 6.54 Å². The van der Waals surface area contributed by atoms with Gasteiger partial charge >= 0.3 is 0 Å². The highest BCUT2D eigenvalue weighted by Crippen LogP contribution is 2.20. The molecule has 142 valence electrons. The third kappa shape index (κ3) is 5.89. The molecule has 5 nitrogen and oxygen atoms in total. The van der Waals surface area contributed by atoms with Crippen LogP contribution in [0.15, 0.2) is 42.5 Å². The highest BCUT2D eigenvalue weighted by Gasteiger charge is 2.15. The van der Waals surface area contributed by atoms with Crippen LogP contribution in [-0.2, 0) is 11.3 Å². The maximum Gasteiger partial charge on any atom is 0.258 e. The number of anilines is 1. The lowest BCUT2D eigenvalue weighted by molar-refractivity contribution is -0.921. The molecule has 8 heteroatoms. The standard InChI is InChI=1S/C19H19Cl2N3O2S/c20-14-3-6-17(21)16(11-14)18(25)23-19(27)22-15-4-1-13(2-5-15)12-24-7-9-26-10-8-24/h1-6,11H,7-10,12H2,(H2,22,23,25,27)/p+1. The number of rotatable bonds is 4. The van der Waals surface area contributed by atoms with E-state index in [4.69, 9.17) is 40.2 Å². The van der Waals surface area contributed by atoms with E-state index in [-0.39, 0.29) is 10.7 Å². The van der Waals surface area contributed by atoms with Gasteiger partial charge in [-0.05, 0) is 42.5 Å². The summed E-state index contributed by atoms with van der Waals surface area (Å²) in [4.78, 5) is 13.8. The molecule has 0 bridgehead atoms. The molecule has 0 unspecified atom stereocenters. The average Bonchev–Trinajstić information content (AvgIpc) is 2.66. The van der Waals surface area contributed by atoms with E-state index in [1.54, 1.807) is 12.1 Å². The predicted molar refractivity (Wildman–Crippen MR) is 112 cm³/mol. The van der Waals surface area contributed by atoms with Gasteiger partial charge in [0.1, 0.15) is 19.6 Å². The zero-order valence-corrected chi connectivity index (χ0v) is 16.9. The molecule has 3 rings (SSSR count). The van der Waals surface area contributed by atoms with Crippen LogP contribution in [0.3, 0.4) is 0 Å². The molecule has 0 aliphatic carbocycles. The summed E-state index contributed by atoms with van der Waals surface area (Å²) in [5, 5.41) is 6.56. The Kier molecular flexibility index (Phi) is 7.04. The molecule has 27 heavy (non-hydrogen) atoms. The minimum Gasteiger partial charge on any atom is -0.370 e. The quantitative estimate of drug-likeness (QED) is 0.660. The maximum atomic E-state index is 12.3. The van der Waals surface area contributed by atoms with Crippen LogP contribution in [0.25, 0.3) is 0 Å². The molecule has 1 heterocycles. The first-order valence-corrected chi connectivity index (χ1v) is 9.75. The van der Waals surface area contributed by atoms with Crippen LogP contribution in [0, 0.1) is 0 Å². The van der Waals surface area contributed by atoms with Crippen LogP contribution in [-0.4, -0.2) is 37.3 Å². The number of halogens is 2. The number of thiocarbonyl (C=S) groups is 1. The molecule has 0 saturated carbocycles. The van der Waals surface area contributed by atoms with E-state index < -0.39 is 5.91 Å². The number of amides is 1. The number of carbonyl (C=O) groups is 1. The van der Waals surface area contributed by atoms with Gasteiger partial charge in [0.05, 0.1) is 23.8 Å².